The normalized spacial score (nSPS) is 18.1. The number of para-hydroxylation sites is 2. The predicted octanol–water partition coefficient (Wildman–Crippen LogP) is 11.5. The zero-order valence-corrected chi connectivity index (χ0v) is 28.7. The molecule has 2 aliphatic carbocycles. The van der Waals surface area contributed by atoms with E-state index in [0.29, 0.717) is 0 Å². The average molecular weight is 656 g/mol. The molecule has 0 fully saturated rings. The van der Waals surface area contributed by atoms with Gasteiger partial charge in [-0.25, -0.2) is 0 Å². The first kappa shape index (κ1) is 29.8. The van der Waals surface area contributed by atoms with Crippen LogP contribution in [0.2, 0.25) is 0 Å². The third-order valence-corrected chi connectivity index (χ3v) is 11.5. The molecule has 0 bridgehead atoms. The van der Waals surface area contributed by atoms with Crippen LogP contribution in [0.1, 0.15) is 52.8 Å². The van der Waals surface area contributed by atoms with E-state index in [2.05, 4.69) is 189 Å². The number of ether oxygens (including phenoxy) is 1. The summed E-state index contributed by atoms with van der Waals surface area (Å²) in [7, 11) is 0. The highest BCUT2D eigenvalue weighted by Crippen LogP contribution is 2.61. The Bertz CT molecular complexity index is 2460. The third kappa shape index (κ3) is 4.29. The van der Waals surface area contributed by atoms with E-state index in [0.717, 1.165) is 11.5 Å². The molecule has 4 aliphatic rings. The second kappa shape index (κ2) is 11.2. The van der Waals surface area contributed by atoms with Crippen LogP contribution in [0.3, 0.4) is 0 Å². The van der Waals surface area contributed by atoms with Gasteiger partial charge >= 0.3 is 0 Å². The monoisotopic (exact) mass is 655 g/mol. The molecule has 0 aromatic heterocycles. The maximum Gasteiger partial charge on any atom is 0.132 e. The summed E-state index contributed by atoms with van der Waals surface area (Å²) in [4.78, 5) is 0. The van der Waals surface area contributed by atoms with Gasteiger partial charge in [0.2, 0.25) is 0 Å². The number of rotatable bonds is 3. The van der Waals surface area contributed by atoms with Crippen LogP contribution in [-0.4, -0.2) is 6.04 Å². The molecular weight excluding hydrogens is 619 g/mol. The SMILES string of the molecule is CC1(C)c2ccccc2C2(c3ccccc3Oc3ccccc32)c2cc(-c3ccccc3-c3ccc(C4=CC=CC5=CC=CNC54)cc3)ccc21. The molecule has 6 aromatic rings. The number of benzene rings is 6. The van der Waals surface area contributed by atoms with Crippen molar-refractivity contribution in [2.75, 3.05) is 0 Å². The average Bonchev–Trinajstić information content (AvgIpc) is 3.19. The van der Waals surface area contributed by atoms with Crippen LogP contribution in [0.5, 0.6) is 11.5 Å². The molecule has 10 rings (SSSR count). The highest BCUT2D eigenvalue weighted by Gasteiger charge is 2.52. The largest absolute Gasteiger partial charge is 0.457 e. The first-order chi connectivity index (χ1) is 25.0. The van der Waals surface area contributed by atoms with Gasteiger partial charge in [-0.05, 0) is 91.7 Å². The summed E-state index contributed by atoms with van der Waals surface area (Å²) in [6, 6.07) is 51.6. The summed E-state index contributed by atoms with van der Waals surface area (Å²) in [5, 5.41) is 3.54. The maximum absolute atomic E-state index is 6.64. The Hall–Kier alpha value is -6.12. The highest BCUT2D eigenvalue weighted by molar-refractivity contribution is 5.87. The Kier molecular flexibility index (Phi) is 6.54. The fraction of sp³-hybridized carbons (Fsp3) is 0.102. The summed E-state index contributed by atoms with van der Waals surface area (Å²) in [6.45, 7) is 4.75. The summed E-state index contributed by atoms with van der Waals surface area (Å²) in [5.41, 5.74) is 15.6. The lowest BCUT2D eigenvalue weighted by atomic mass is 9.53. The Labute approximate surface area is 299 Å². The van der Waals surface area contributed by atoms with Gasteiger partial charge in [0.1, 0.15) is 11.5 Å². The third-order valence-electron chi connectivity index (χ3n) is 11.5. The molecule has 2 heterocycles. The Morgan fingerprint density at radius 3 is 1.80 bits per heavy atom. The minimum Gasteiger partial charge on any atom is -0.457 e. The molecule has 0 saturated heterocycles. The molecule has 1 spiro atoms. The smallest absolute Gasteiger partial charge is 0.132 e. The topological polar surface area (TPSA) is 21.3 Å². The van der Waals surface area contributed by atoms with Crippen molar-refractivity contribution in [3.8, 4) is 33.8 Å². The van der Waals surface area contributed by atoms with Crippen LogP contribution in [0.15, 0.2) is 182 Å². The predicted molar refractivity (Wildman–Crippen MR) is 209 cm³/mol. The van der Waals surface area contributed by atoms with Crippen molar-refractivity contribution < 1.29 is 4.74 Å². The van der Waals surface area contributed by atoms with Gasteiger partial charge in [0.15, 0.2) is 0 Å². The van der Waals surface area contributed by atoms with E-state index in [1.807, 2.05) is 6.20 Å². The van der Waals surface area contributed by atoms with Gasteiger partial charge < -0.3 is 10.1 Å². The summed E-state index contributed by atoms with van der Waals surface area (Å²) < 4.78 is 6.64. The molecule has 51 heavy (non-hydrogen) atoms. The first-order valence-corrected chi connectivity index (χ1v) is 17.9. The molecule has 1 unspecified atom stereocenters. The number of hydrogen-bond acceptors (Lipinski definition) is 2. The lowest BCUT2D eigenvalue weighted by Gasteiger charge is -2.50. The second-order valence-electron chi connectivity index (χ2n) is 14.5. The molecule has 0 radical (unpaired) electrons. The molecule has 2 nitrogen and oxygen atoms in total. The van der Waals surface area contributed by atoms with Crippen molar-refractivity contribution in [3.63, 3.8) is 0 Å². The van der Waals surface area contributed by atoms with E-state index in [-0.39, 0.29) is 11.5 Å². The summed E-state index contributed by atoms with van der Waals surface area (Å²) >= 11 is 0. The van der Waals surface area contributed by atoms with Crippen LogP contribution >= 0.6 is 0 Å². The molecule has 1 N–H and O–H groups in total. The van der Waals surface area contributed by atoms with E-state index in [1.54, 1.807) is 0 Å². The fourth-order valence-corrected chi connectivity index (χ4v) is 9.16. The molecule has 2 heteroatoms. The zero-order valence-electron chi connectivity index (χ0n) is 28.7. The molecular formula is C49H37NO. The number of allylic oxidation sites excluding steroid dienone is 4. The van der Waals surface area contributed by atoms with Gasteiger partial charge in [-0.2, -0.15) is 0 Å². The minimum absolute atomic E-state index is 0.177. The summed E-state index contributed by atoms with van der Waals surface area (Å²) in [5.74, 6) is 1.82. The van der Waals surface area contributed by atoms with E-state index < -0.39 is 5.41 Å². The molecule has 244 valence electrons. The molecule has 0 saturated carbocycles. The van der Waals surface area contributed by atoms with Crippen molar-refractivity contribution in [3.05, 3.63) is 221 Å². The Balaban J connectivity index is 1.16. The Morgan fingerprint density at radius 1 is 0.510 bits per heavy atom. The summed E-state index contributed by atoms with van der Waals surface area (Å²) in [6.07, 6.45) is 12.9. The number of nitrogens with one attached hydrogen (secondary N) is 1. The fourth-order valence-electron chi connectivity index (χ4n) is 9.16. The van der Waals surface area contributed by atoms with Gasteiger partial charge in [-0.3, -0.25) is 0 Å². The zero-order chi connectivity index (χ0) is 34.2. The molecule has 0 amide bonds. The quantitative estimate of drug-likeness (QED) is 0.205. The minimum atomic E-state index is -0.544. The van der Waals surface area contributed by atoms with Gasteiger partial charge in [-0.1, -0.05) is 159 Å². The Morgan fingerprint density at radius 2 is 1.08 bits per heavy atom. The van der Waals surface area contributed by atoms with E-state index in [9.17, 15) is 0 Å². The lowest BCUT2D eigenvalue weighted by molar-refractivity contribution is 0.425. The van der Waals surface area contributed by atoms with Crippen molar-refractivity contribution in [2.24, 2.45) is 0 Å². The van der Waals surface area contributed by atoms with E-state index >= 15 is 0 Å². The molecule has 2 aliphatic heterocycles. The second-order valence-corrected chi connectivity index (χ2v) is 14.5. The number of hydrogen-bond donors (Lipinski definition) is 1. The van der Waals surface area contributed by atoms with Crippen LogP contribution < -0.4 is 10.1 Å². The van der Waals surface area contributed by atoms with Crippen molar-refractivity contribution >= 4 is 5.57 Å². The van der Waals surface area contributed by atoms with Gasteiger partial charge in [-0.15, -0.1) is 0 Å². The lowest BCUT2D eigenvalue weighted by Crippen LogP contribution is -2.43. The van der Waals surface area contributed by atoms with Crippen molar-refractivity contribution in [1.29, 1.82) is 0 Å². The maximum atomic E-state index is 6.64. The number of dihydropyridines is 1. The van der Waals surface area contributed by atoms with Crippen LogP contribution in [0.25, 0.3) is 27.8 Å². The van der Waals surface area contributed by atoms with Gasteiger partial charge in [0.25, 0.3) is 0 Å². The van der Waals surface area contributed by atoms with Crippen LogP contribution in [0, 0.1) is 0 Å². The van der Waals surface area contributed by atoms with Crippen LogP contribution in [-0.2, 0) is 10.8 Å². The van der Waals surface area contributed by atoms with Gasteiger partial charge in [0, 0.05) is 16.5 Å². The molecule has 6 aromatic carbocycles. The standard InChI is InChI=1S/C49H37NO/c1-48(2)39-18-5-6-19-41(39)49(42-20-7-9-22-45(42)51-46-23-10-8-21-43(46)49)44-31-35(28-29-40(44)48)37-16-4-3-15-36(37)32-24-26-33(27-25-32)38-17-11-13-34-14-12-30-50-47(34)38/h3-31,47,50H,1-2H3. The van der Waals surface area contributed by atoms with Crippen LogP contribution in [0.4, 0.5) is 0 Å². The van der Waals surface area contributed by atoms with Gasteiger partial charge in [0.05, 0.1) is 11.5 Å². The van der Waals surface area contributed by atoms with Crippen molar-refractivity contribution in [2.45, 2.75) is 30.7 Å². The first-order valence-electron chi connectivity index (χ1n) is 17.9. The number of fused-ring (bicyclic) bond motifs is 9. The van der Waals surface area contributed by atoms with Crippen molar-refractivity contribution in [1.82, 2.24) is 5.32 Å². The molecule has 1 atom stereocenters. The van der Waals surface area contributed by atoms with E-state index in [1.165, 1.54) is 72.3 Å². The van der Waals surface area contributed by atoms with E-state index in [4.69, 9.17) is 4.74 Å². The highest BCUT2D eigenvalue weighted by atomic mass is 16.5.